The topological polar surface area (TPSA) is 62.3 Å². The minimum absolute atomic E-state index is 0.0324. The molecule has 0 saturated carbocycles. The van der Waals surface area contributed by atoms with Gasteiger partial charge in [-0.2, -0.15) is 26.3 Å². The monoisotopic (exact) mass is 445 g/mol. The van der Waals surface area contributed by atoms with Crippen LogP contribution >= 0.6 is 0 Å². The van der Waals surface area contributed by atoms with Gasteiger partial charge in [-0.05, 0) is 41.5 Å². The highest BCUT2D eigenvalue weighted by Gasteiger charge is 2.38. The zero-order valence-corrected chi connectivity index (χ0v) is 15.9. The summed E-state index contributed by atoms with van der Waals surface area (Å²) in [6.45, 7) is -0.354. The van der Waals surface area contributed by atoms with E-state index in [9.17, 15) is 35.9 Å². The second-order valence-electron chi connectivity index (χ2n) is 7.16. The quantitative estimate of drug-likeness (QED) is 0.713. The summed E-state index contributed by atoms with van der Waals surface area (Å²) in [4.78, 5) is 29.5. The van der Waals surface area contributed by atoms with Crippen LogP contribution in [-0.4, -0.2) is 28.2 Å². The second-order valence-corrected chi connectivity index (χ2v) is 7.16. The molecule has 0 aliphatic carbocycles. The van der Waals surface area contributed by atoms with Crippen LogP contribution < -0.4 is 5.32 Å². The molecule has 1 aromatic heterocycles. The number of nitrogens with zero attached hydrogens (tertiary/aromatic N) is 2. The lowest BCUT2D eigenvalue weighted by molar-refractivity contribution is -0.143. The second kappa shape index (κ2) is 8.56. The van der Waals surface area contributed by atoms with Gasteiger partial charge >= 0.3 is 12.4 Å². The van der Waals surface area contributed by atoms with Crippen LogP contribution in [0.1, 0.15) is 28.7 Å². The summed E-state index contributed by atoms with van der Waals surface area (Å²) in [7, 11) is 0. The number of carbonyl (C=O) groups is 2. The van der Waals surface area contributed by atoms with E-state index in [0.29, 0.717) is 12.1 Å². The molecule has 0 bridgehead atoms. The number of nitrogens with one attached hydrogen (secondary N) is 1. The smallest absolute Gasteiger partial charge is 0.352 e. The summed E-state index contributed by atoms with van der Waals surface area (Å²) in [5, 5.41) is 2.66. The number of halogens is 6. The van der Waals surface area contributed by atoms with Crippen molar-refractivity contribution >= 4 is 11.8 Å². The lowest BCUT2D eigenvalue weighted by Crippen LogP contribution is -2.32. The fourth-order valence-electron chi connectivity index (χ4n) is 3.27. The Morgan fingerprint density at radius 1 is 1.00 bits per heavy atom. The minimum Gasteiger partial charge on any atom is -0.352 e. The first-order valence-electron chi connectivity index (χ1n) is 9.16. The summed E-state index contributed by atoms with van der Waals surface area (Å²) >= 11 is 0. The largest absolute Gasteiger partial charge is 0.416 e. The maximum atomic E-state index is 13.0. The molecule has 1 fully saturated rings. The van der Waals surface area contributed by atoms with Gasteiger partial charge in [0, 0.05) is 38.4 Å². The van der Waals surface area contributed by atoms with E-state index in [0.717, 1.165) is 10.5 Å². The van der Waals surface area contributed by atoms with Crippen molar-refractivity contribution in [3.05, 3.63) is 65.0 Å². The zero-order chi connectivity index (χ0) is 22.8. The minimum atomic E-state index is -4.97. The Labute approximate surface area is 173 Å². The lowest BCUT2D eigenvalue weighted by atomic mass is 10.0. The maximum Gasteiger partial charge on any atom is 0.416 e. The molecule has 0 spiro atoms. The fraction of sp³-hybridized carbons (Fsp3) is 0.350. The molecule has 1 N–H and O–H groups in total. The van der Waals surface area contributed by atoms with Gasteiger partial charge in [0.15, 0.2) is 0 Å². The molecule has 1 saturated heterocycles. The van der Waals surface area contributed by atoms with E-state index < -0.39 is 47.8 Å². The Kier molecular flexibility index (Phi) is 6.23. The lowest BCUT2D eigenvalue weighted by Gasteiger charge is -2.19. The number of likely N-dealkylation sites (tertiary alicyclic amines) is 1. The van der Waals surface area contributed by atoms with Crippen molar-refractivity contribution in [2.24, 2.45) is 5.92 Å². The van der Waals surface area contributed by atoms with Crippen molar-refractivity contribution in [1.82, 2.24) is 15.2 Å². The van der Waals surface area contributed by atoms with Gasteiger partial charge in [-0.15, -0.1) is 0 Å². The molecule has 1 unspecified atom stereocenters. The SMILES string of the molecule is O=C(NCc1ccncc1)C1CC(=O)N(Cc2cc(C(F)(F)F)cc(C(F)(F)F)c2)C1. The van der Waals surface area contributed by atoms with Gasteiger partial charge in [0.1, 0.15) is 0 Å². The zero-order valence-electron chi connectivity index (χ0n) is 15.9. The summed E-state index contributed by atoms with van der Waals surface area (Å²) in [6.07, 6.45) is -7.02. The molecule has 2 heterocycles. The molecule has 3 rings (SSSR count). The first kappa shape index (κ1) is 22.6. The number of pyridine rings is 1. The molecule has 1 aliphatic heterocycles. The van der Waals surface area contributed by atoms with Crippen LogP contribution in [0.15, 0.2) is 42.7 Å². The Bertz CT molecular complexity index is 927. The normalized spacial score (nSPS) is 17.2. The summed E-state index contributed by atoms with van der Waals surface area (Å²) in [5.74, 6) is -1.69. The van der Waals surface area contributed by atoms with E-state index in [1.807, 2.05) is 0 Å². The molecule has 2 aromatic rings. The molecule has 11 heteroatoms. The molecular weight excluding hydrogens is 428 g/mol. The predicted octanol–water partition coefficient (Wildman–Crippen LogP) is 3.78. The summed E-state index contributed by atoms with van der Waals surface area (Å²) in [6, 6.07) is 4.58. The van der Waals surface area contributed by atoms with Crippen molar-refractivity contribution in [2.45, 2.75) is 31.9 Å². The van der Waals surface area contributed by atoms with E-state index >= 15 is 0 Å². The third-order valence-corrected chi connectivity index (χ3v) is 4.82. The van der Waals surface area contributed by atoms with Crippen LogP contribution in [0, 0.1) is 5.92 Å². The molecule has 5 nitrogen and oxygen atoms in total. The van der Waals surface area contributed by atoms with Crippen molar-refractivity contribution in [1.29, 1.82) is 0 Å². The van der Waals surface area contributed by atoms with Gasteiger partial charge < -0.3 is 10.2 Å². The van der Waals surface area contributed by atoms with Gasteiger partial charge in [0.2, 0.25) is 11.8 Å². The molecular formula is C20H17F6N3O2. The number of hydrogen-bond acceptors (Lipinski definition) is 3. The standard InChI is InChI=1S/C20H17F6N3O2/c21-19(22,23)15-5-13(6-16(8-15)20(24,25)26)10-29-11-14(7-17(29)30)18(31)28-9-12-1-3-27-4-2-12/h1-6,8,14H,7,9-11H2,(H,28,31). The van der Waals surface area contributed by atoms with Crippen molar-refractivity contribution in [3.8, 4) is 0 Å². The third-order valence-electron chi connectivity index (χ3n) is 4.82. The average molecular weight is 445 g/mol. The number of amides is 2. The van der Waals surface area contributed by atoms with Gasteiger partial charge in [-0.25, -0.2) is 0 Å². The fourth-order valence-corrected chi connectivity index (χ4v) is 3.27. The van der Waals surface area contributed by atoms with E-state index in [1.54, 1.807) is 24.5 Å². The van der Waals surface area contributed by atoms with Crippen LogP contribution in [0.3, 0.4) is 0 Å². The first-order valence-corrected chi connectivity index (χ1v) is 9.16. The molecule has 0 radical (unpaired) electrons. The number of benzene rings is 1. The number of carbonyl (C=O) groups excluding carboxylic acids is 2. The van der Waals surface area contributed by atoms with Gasteiger partial charge in [0.25, 0.3) is 0 Å². The van der Waals surface area contributed by atoms with Gasteiger partial charge in [-0.1, -0.05) is 0 Å². The van der Waals surface area contributed by atoms with Crippen LogP contribution in [-0.2, 0) is 35.0 Å². The van der Waals surface area contributed by atoms with Gasteiger partial charge in [-0.3, -0.25) is 14.6 Å². The third kappa shape index (κ3) is 5.74. The van der Waals surface area contributed by atoms with Crippen LogP contribution in [0.5, 0.6) is 0 Å². The van der Waals surface area contributed by atoms with Crippen LogP contribution in [0.2, 0.25) is 0 Å². The van der Waals surface area contributed by atoms with E-state index in [-0.39, 0.29) is 31.1 Å². The number of hydrogen-bond donors (Lipinski definition) is 1. The average Bonchev–Trinajstić information content (AvgIpc) is 3.06. The van der Waals surface area contributed by atoms with Gasteiger partial charge in [0.05, 0.1) is 17.0 Å². The highest BCUT2D eigenvalue weighted by Crippen LogP contribution is 2.36. The van der Waals surface area contributed by atoms with Crippen molar-refractivity contribution in [3.63, 3.8) is 0 Å². The summed E-state index contributed by atoms with van der Waals surface area (Å²) < 4.78 is 78.1. The Hall–Kier alpha value is -3.11. The molecule has 2 amide bonds. The number of alkyl halides is 6. The van der Waals surface area contributed by atoms with Crippen molar-refractivity contribution in [2.75, 3.05) is 6.54 Å². The Balaban J connectivity index is 1.70. The van der Waals surface area contributed by atoms with E-state index in [2.05, 4.69) is 10.3 Å². The van der Waals surface area contributed by atoms with Crippen LogP contribution in [0.25, 0.3) is 0 Å². The Morgan fingerprint density at radius 3 is 2.13 bits per heavy atom. The maximum absolute atomic E-state index is 13.0. The predicted molar refractivity (Wildman–Crippen MR) is 96.1 cm³/mol. The molecule has 1 atom stereocenters. The van der Waals surface area contributed by atoms with Crippen molar-refractivity contribution < 1.29 is 35.9 Å². The molecule has 166 valence electrons. The molecule has 31 heavy (non-hydrogen) atoms. The number of aromatic nitrogens is 1. The molecule has 1 aliphatic rings. The van der Waals surface area contributed by atoms with E-state index in [1.165, 1.54) is 0 Å². The molecule has 1 aromatic carbocycles. The van der Waals surface area contributed by atoms with Crippen LogP contribution in [0.4, 0.5) is 26.3 Å². The highest BCUT2D eigenvalue weighted by molar-refractivity contribution is 5.89. The summed E-state index contributed by atoms with van der Waals surface area (Å²) in [5.41, 5.74) is -2.42. The number of rotatable bonds is 5. The first-order chi connectivity index (χ1) is 14.4. The van der Waals surface area contributed by atoms with E-state index in [4.69, 9.17) is 0 Å². The highest BCUT2D eigenvalue weighted by atomic mass is 19.4. The Morgan fingerprint density at radius 2 is 1.58 bits per heavy atom.